The molecule has 0 amide bonds. The molecule has 0 aliphatic heterocycles. The zero-order chi connectivity index (χ0) is 31.5. The van der Waals surface area contributed by atoms with Crippen LogP contribution in [0.5, 0.6) is 0 Å². The first kappa shape index (κ1) is 30.1. The van der Waals surface area contributed by atoms with E-state index in [9.17, 15) is 51.9 Å². The first-order valence-electron chi connectivity index (χ1n) is 11.0. The van der Waals surface area contributed by atoms with E-state index >= 15 is 0 Å². The Morgan fingerprint density at radius 2 is 0.907 bits per heavy atom. The van der Waals surface area contributed by atoms with Gasteiger partial charge in [-0.05, 0) is 48.5 Å². The second-order valence-corrected chi connectivity index (χ2v) is 14.0. The molecule has 19 nitrogen and oxygen atoms in total. The van der Waals surface area contributed by atoms with E-state index in [0.717, 1.165) is 33.6 Å². The van der Waals surface area contributed by atoms with Gasteiger partial charge in [-0.25, -0.2) is 9.36 Å². The molecular weight excluding hydrogens is 661 g/mol. The zero-order valence-corrected chi connectivity index (χ0v) is 23.8. The summed E-state index contributed by atoms with van der Waals surface area (Å²) < 4.78 is 138. The Balaban J connectivity index is 1.49. The van der Waals surface area contributed by atoms with Gasteiger partial charge < -0.3 is 4.42 Å². The van der Waals surface area contributed by atoms with E-state index in [1.807, 2.05) is 0 Å². The lowest BCUT2D eigenvalue weighted by Gasteiger charge is -2.07. The molecule has 4 N–H and O–H groups in total. The molecule has 0 radical (unpaired) electrons. The summed E-state index contributed by atoms with van der Waals surface area (Å²) in [5.41, 5.74) is -0.599. The van der Waals surface area contributed by atoms with Crippen LogP contribution in [0.3, 0.4) is 0 Å². The summed E-state index contributed by atoms with van der Waals surface area (Å²) in [7, 11) is -19.6. The molecule has 0 saturated heterocycles. The van der Waals surface area contributed by atoms with Crippen LogP contribution in [-0.2, 0) is 40.5 Å². The van der Waals surface area contributed by atoms with Crippen molar-refractivity contribution in [3.05, 3.63) is 60.9 Å². The number of furan rings is 1. The highest BCUT2D eigenvalue weighted by Gasteiger charge is 2.25. The normalized spacial score (nSPS) is 12.9. The molecule has 5 aromatic rings. The molecule has 0 saturated carbocycles. The molecule has 5 rings (SSSR count). The topological polar surface area (TPSA) is 292 Å². The van der Waals surface area contributed by atoms with Crippen LogP contribution in [0.2, 0.25) is 0 Å². The van der Waals surface area contributed by atoms with Crippen LogP contribution >= 0.6 is 0 Å². The Hall–Kier alpha value is -4.36. The Morgan fingerprint density at radius 3 is 1.23 bits per heavy atom. The highest BCUT2D eigenvalue weighted by atomic mass is 32.2. The Morgan fingerprint density at radius 1 is 0.535 bits per heavy atom. The van der Waals surface area contributed by atoms with Crippen LogP contribution in [-0.4, -0.2) is 81.9 Å². The van der Waals surface area contributed by atoms with Crippen molar-refractivity contribution in [1.29, 1.82) is 0 Å². The van der Waals surface area contributed by atoms with Crippen molar-refractivity contribution in [3.8, 4) is 34.3 Å². The van der Waals surface area contributed by atoms with Crippen molar-refractivity contribution in [1.82, 2.24) is 30.0 Å². The van der Waals surface area contributed by atoms with Crippen LogP contribution in [0.4, 0.5) is 0 Å². The lowest BCUT2D eigenvalue weighted by molar-refractivity contribution is 0.476. The molecule has 0 aliphatic carbocycles. The molecule has 43 heavy (non-hydrogen) atoms. The summed E-state index contributed by atoms with van der Waals surface area (Å²) in [4.78, 5) is -3.40. The van der Waals surface area contributed by atoms with E-state index < -0.39 is 60.1 Å². The molecule has 3 aromatic heterocycles. The predicted octanol–water partition coefficient (Wildman–Crippen LogP) is 0.762. The summed E-state index contributed by atoms with van der Waals surface area (Å²) in [6, 6.07) is 7.52. The lowest BCUT2D eigenvalue weighted by atomic mass is 10.3. The molecule has 2 aromatic carbocycles. The van der Waals surface area contributed by atoms with E-state index in [1.165, 1.54) is 24.5 Å². The third-order valence-electron chi connectivity index (χ3n) is 5.61. The fourth-order valence-corrected chi connectivity index (χ4v) is 6.27. The van der Waals surface area contributed by atoms with Crippen LogP contribution in [0, 0.1) is 0 Å². The average Bonchev–Trinajstić information content (AvgIpc) is 3.66. The lowest BCUT2D eigenvalue weighted by Crippen LogP contribution is -2.09. The molecule has 0 unspecified atom stereocenters. The summed E-state index contributed by atoms with van der Waals surface area (Å²) in [5.74, 6) is 0.102. The molecule has 0 spiro atoms. The number of benzene rings is 2. The van der Waals surface area contributed by atoms with Gasteiger partial charge in [-0.15, -0.1) is 10.2 Å². The Bertz CT molecular complexity index is 2190. The highest BCUT2D eigenvalue weighted by molar-refractivity contribution is 7.87. The summed E-state index contributed by atoms with van der Waals surface area (Å²) >= 11 is 0. The van der Waals surface area contributed by atoms with E-state index in [4.69, 9.17) is 4.42 Å². The van der Waals surface area contributed by atoms with Gasteiger partial charge in [0.1, 0.15) is 21.2 Å². The van der Waals surface area contributed by atoms with E-state index in [2.05, 4.69) is 20.6 Å². The van der Waals surface area contributed by atoms with Crippen LogP contribution in [0.1, 0.15) is 0 Å². The minimum absolute atomic E-state index is 0.0215. The van der Waals surface area contributed by atoms with Gasteiger partial charge in [-0.1, -0.05) is 10.4 Å². The van der Waals surface area contributed by atoms with E-state index in [0.29, 0.717) is 12.1 Å². The number of rotatable bonds is 8. The van der Waals surface area contributed by atoms with Crippen molar-refractivity contribution in [2.75, 3.05) is 0 Å². The highest BCUT2D eigenvalue weighted by Crippen LogP contribution is 2.30. The smallest absolute Gasteiger partial charge is 0.296 e. The summed E-state index contributed by atoms with van der Waals surface area (Å²) in [6.07, 6.45) is 2.34. The second-order valence-electron chi connectivity index (χ2n) is 8.42. The number of hydrogen-bond donors (Lipinski definition) is 4. The van der Waals surface area contributed by atoms with Gasteiger partial charge in [-0.2, -0.15) is 33.7 Å². The van der Waals surface area contributed by atoms with Crippen molar-refractivity contribution in [2.45, 2.75) is 19.6 Å². The van der Waals surface area contributed by atoms with Crippen molar-refractivity contribution < 1.29 is 56.3 Å². The third-order valence-corrected chi connectivity index (χ3v) is 9.07. The monoisotopic (exact) mass is 674 g/mol. The zero-order valence-electron chi connectivity index (χ0n) is 20.6. The molecule has 226 valence electrons. The maximum Gasteiger partial charge on any atom is 0.296 e. The van der Waals surface area contributed by atoms with Gasteiger partial charge in [0.25, 0.3) is 40.5 Å². The van der Waals surface area contributed by atoms with Crippen LogP contribution < -0.4 is 0 Å². The summed E-state index contributed by atoms with van der Waals surface area (Å²) in [5, 5.41) is 15.2. The standard InChI is InChI=1S/C20H14N6O13S4/c27-40(28,29)11-1-3-15(19(7-11)42(33,34)35)25-9-13(21-23-25)17-5-6-18(39-17)14-10-26(24-22-14)16-4-2-12(41(30,31)32)8-20(16)43(36,37)38/h1-10H,(H,27,28,29)(H,30,31,32)(H,33,34,35)(H,36,37,38). The molecule has 3 heterocycles. The van der Waals surface area contributed by atoms with Gasteiger partial charge >= 0.3 is 0 Å². The fraction of sp³-hybridized carbons (Fsp3) is 0. The molecular formula is C20H14N6O13S4. The summed E-state index contributed by atoms with van der Waals surface area (Å²) in [6.45, 7) is 0. The predicted molar refractivity (Wildman–Crippen MR) is 139 cm³/mol. The first-order chi connectivity index (χ1) is 19.8. The van der Waals surface area contributed by atoms with Crippen LogP contribution in [0.15, 0.2) is 84.9 Å². The van der Waals surface area contributed by atoms with Gasteiger partial charge in [-0.3, -0.25) is 18.2 Å². The average molecular weight is 675 g/mol. The van der Waals surface area contributed by atoms with E-state index in [-0.39, 0.29) is 34.3 Å². The van der Waals surface area contributed by atoms with Gasteiger partial charge in [0, 0.05) is 0 Å². The largest absolute Gasteiger partial charge is 0.453 e. The minimum Gasteiger partial charge on any atom is -0.453 e. The molecule has 0 aliphatic rings. The first-order valence-corrected chi connectivity index (χ1v) is 16.7. The Kier molecular flexibility index (Phi) is 7.09. The number of nitrogens with zero attached hydrogens (tertiary/aromatic N) is 6. The molecule has 0 fully saturated rings. The second kappa shape index (κ2) is 10.1. The molecule has 0 bridgehead atoms. The number of aromatic nitrogens is 6. The van der Waals surface area contributed by atoms with Crippen molar-refractivity contribution >= 4 is 40.5 Å². The number of hydrogen-bond acceptors (Lipinski definition) is 13. The third kappa shape index (κ3) is 6.09. The van der Waals surface area contributed by atoms with Gasteiger partial charge in [0.15, 0.2) is 11.5 Å². The van der Waals surface area contributed by atoms with Crippen molar-refractivity contribution in [3.63, 3.8) is 0 Å². The molecule has 0 atom stereocenters. The maximum absolute atomic E-state index is 11.9. The quantitative estimate of drug-likeness (QED) is 0.165. The van der Waals surface area contributed by atoms with Gasteiger partial charge in [0.2, 0.25) is 0 Å². The minimum atomic E-state index is -5.00. The SMILES string of the molecule is O=S(=O)(O)c1ccc(-n2cc(-c3ccc(-c4cn(-c5ccc(S(=O)(=O)O)cc5S(=O)(=O)O)nn4)o3)nn2)c(S(=O)(=O)O)c1. The fourth-order valence-electron chi connectivity index (χ4n) is 3.70. The molecule has 23 heteroatoms. The van der Waals surface area contributed by atoms with E-state index in [1.54, 1.807) is 0 Å². The van der Waals surface area contributed by atoms with Gasteiger partial charge in [0.05, 0.1) is 33.6 Å². The van der Waals surface area contributed by atoms with Crippen molar-refractivity contribution in [2.24, 2.45) is 0 Å². The maximum atomic E-state index is 11.9. The van der Waals surface area contributed by atoms with Crippen LogP contribution in [0.25, 0.3) is 34.3 Å². The Labute approximate surface area is 241 Å².